The maximum Gasteiger partial charge on any atom is 0.287 e. The predicted molar refractivity (Wildman–Crippen MR) is 54.5 cm³/mol. The Balaban J connectivity index is 2.29. The lowest BCUT2D eigenvalue weighted by molar-refractivity contribution is -0.164. The highest BCUT2D eigenvalue weighted by Crippen LogP contribution is 2.29. The minimum atomic E-state index is -3.09. The highest BCUT2D eigenvalue weighted by Gasteiger charge is 2.49. The van der Waals surface area contributed by atoms with Crippen molar-refractivity contribution >= 4 is 12.1 Å². The van der Waals surface area contributed by atoms with Gasteiger partial charge in [0, 0.05) is 30.6 Å². The van der Waals surface area contributed by atoms with Crippen molar-refractivity contribution in [3.63, 3.8) is 0 Å². The molecule has 1 aromatic rings. The molecule has 0 radical (unpaired) electrons. The van der Waals surface area contributed by atoms with Crippen LogP contribution in [0.4, 0.5) is 8.78 Å². The lowest BCUT2D eigenvalue weighted by Gasteiger charge is -2.29. The van der Waals surface area contributed by atoms with Crippen molar-refractivity contribution in [3.05, 3.63) is 30.1 Å². The molecule has 1 aliphatic heterocycles. The first-order valence-electron chi connectivity index (χ1n) is 4.83. The summed E-state index contributed by atoms with van der Waals surface area (Å²) in [7, 11) is 0. The van der Waals surface area contributed by atoms with Gasteiger partial charge in [-0.2, -0.15) is 10.1 Å². The second-order valence-corrected chi connectivity index (χ2v) is 3.53. The monoisotopic (exact) mass is 241 g/mol. The van der Waals surface area contributed by atoms with Crippen LogP contribution in [-0.4, -0.2) is 39.4 Å². The van der Waals surface area contributed by atoms with Crippen LogP contribution in [0, 0.1) is 0 Å². The number of hydrogen-bond donors (Lipinski definition) is 1. The Bertz CT molecular complexity index is 452. The van der Waals surface area contributed by atoms with E-state index in [0.29, 0.717) is 5.01 Å². The zero-order valence-corrected chi connectivity index (χ0v) is 8.62. The predicted octanol–water partition coefficient (Wildman–Crippen LogP) is 0.867. The van der Waals surface area contributed by atoms with Crippen molar-refractivity contribution in [3.8, 4) is 0 Å². The number of aromatic nitrogens is 1. The van der Waals surface area contributed by atoms with Gasteiger partial charge >= 0.3 is 0 Å². The molecule has 2 rings (SSSR count). The number of rotatable bonds is 2. The van der Waals surface area contributed by atoms with Crippen LogP contribution in [0.5, 0.6) is 0 Å². The highest BCUT2D eigenvalue weighted by molar-refractivity contribution is 5.95. The fourth-order valence-electron chi connectivity index (χ4n) is 1.47. The van der Waals surface area contributed by atoms with Crippen LogP contribution < -0.4 is 0 Å². The van der Waals surface area contributed by atoms with Crippen LogP contribution in [0.3, 0.4) is 0 Å². The van der Waals surface area contributed by atoms with E-state index in [4.69, 9.17) is 0 Å². The summed E-state index contributed by atoms with van der Waals surface area (Å²) in [6.45, 7) is 0. The van der Waals surface area contributed by atoms with Crippen molar-refractivity contribution in [2.45, 2.75) is 18.6 Å². The molecular weight excluding hydrogens is 232 g/mol. The molecule has 17 heavy (non-hydrogen) atoms. The van der Waals surface area contributed by atoms with Crippen LogP contribution >= 0.6 is 0 Å². The molecule has 0 saturated heterocycles. The quantitative estimate of drug-likeness (QED) is 0.835. The third-order valence-corrected chi connectivity index (χ3v) is 2.42. The van der Waals surface area contributed by atoms with Crippen LogP contribution in [0.25, 0.3) is 0 Å². The Morgan fingerprint density at radius 2 is 2.12 bits per heavy atom. The normalized spacial score (nSPS) is 23.4. The maximum absolute atomic E-state index is 12.7. The van der Waals surface area contributed by atoms with Gasteiger partial charge in [0.1, 0.15) is 0 Å². The lowest BCUT2D eigenvalue weighted by Crippen LogP contribution is -2.51. The van der Waals surface area contributed by atoms with Crippen LogP contribution in [-0.2, 0) is 0 Å². The molecule has 1 atom stereocenters. The summed E-state index contributed by atoms with van der Waals surface area (Å²) < 4.78 is 25.4. The Morgan fingerprint density at radius 1 is 1.47 bits per heavy atom. The van der Waals surface area contributed by atoms with Gasteiger partial charge in [-0.15, -0.1) is 0 Å². The van der Waals surface area contributed by atoms with Gasteiger partial charge in [0.25, 0.3) is 12.3 Å². The van der Waals surface area contributed by atoms with E-state index in [0.717, 1.165) is 6.21 Å². The van der Waals surface area contributed by atoms with Crippen molar-refractivity contribution < 1.29 is 18.7 Å². The standard InChI is InChI=1S/C10H9F2N3O2/c11-9(12)10(17)3-6-14-15(10)8(16)7-1-4-13-5-2-7/h1-2,4-6,9,17H,3H2/t10-/m0/s1. The maximum atomic E-state index is 12.7. The van der Waals surface area contributed by atoms with Gasteiger partial charge in [0.15, 0.2) is 0 Å². The second-order valence-electron chi connectivity index (χ2n) is 3.53. The van der Waals surface area contributed by atoms with Crippen LogP contribution in [0.1, 0.15) is 16.8 Å². The van der Waals surface area contributed by atoms with Crippen molar-refractivity contribution in [2.75, 3.05) is 0 Å². The second kappa shape index (κ2) is 4.17. The zero-order chi connectivity index (χ0) is 12.5. The van der Waals surface area contributed by atoms with E-state index in [-0.39, 0.29) is 12.0 Å². The number of nitrogens with zero attached hydrogens (tertiary/aromatic N) is 3. The number of hydrogen-bond acceptors (Lipinski definition) is 4. The molecule has 2 heterocycles. The van der Waals surface area contributed by atoms with Gasteiger partial charge in [0.05, 0.1) is 0 Å². The zero-order valence-electron chi connectivity index (χ0n) is 8.62. The van der Waals surface area contributed by atoms with E-state index in [9.17, 15) is 18.7 Å². The first-order valence-corrected chi connectivity index (χ1v) is 4.83. The highest BCUT2D eigenvalue weighted by atomic mass is 19.3. The summed E-state index contributed by atoms with van der Waals surface area (Å²) in [4.78, 5) is 15.6. The molecule has 0 saturated carbocycles. The van der Waals surface area contributed by atoms with E-state index < -0.39 is 18.1 Å². The van der Waals surface area contributed by atoms with E-state index in [1.807, 2.05) is 0 Å². The number of carbonyl (C=O) groups excluding carboxylic acids is 1. The molecular formula is C10H9F2N3O2. The van der Waals surface area contributed by atoms with E-state index in [2.05, 4.69) is 10.1 Å². The summed E-state index contributed by atoms with van der Waals surface area (Å²) in [5, 5.41) is 13.6. The summed E-state index contributed by atoms with van der Waals surface area (Å²) in [6.07, 6.45) is 0.325. The third-order valence-electron chi connectivity index (χ3n) is 2.42. The number of pyridine rings is 1. The minimum absolute atomic E-state index is 0.137. The summed E-state index contributed by atoms with van der Waals surface area (Å²) in [5.74, 6) is -0.788. The Labute approximate surface area is 95.4 Å². The van der Waals surface area contributed by atoms with Crippen molar-refractivity contribution in [1.29, 1.82) is 0 Å². The van der Waals surface area contributed by atoms with Crippen LogP contribution in [0.2, 0.25) is 0 Å². The Hall–Kier alpha value is -1.89. The number of amides is 1. The molecule has 1 N–H and O–H groups in total. The molecule has 5 nitrogen and oxygen atoms in total. The average molecular weight is 241 g/mol. The van der Waals surface area contributed by atoms with Crippen molar-refractivity contribution in [2.24, 2.45) is 5.10 Å². The van der Waals surface area contributed by atoms with Gasteiger partial charge in [-0.1, -0.05) is 0 Å². The SMILES string of the molecule is O=C(c1ccncc1)N1N=CC[C@]1(O)C(F)F. The molecule has 1 amide bonds. The molecule has 0 aliphatic carbocycles. The van der Waals surface area contributed by atoms with Gasteiger partial charge < -0.3 is 5.11 Å². The molecule has 90 valence electrons. The molecule has 7 heteroatoms. The Morgan fingerprint density at radius 3 is 2.71 bits per heavy atom. The minimum Gasteiger partial charge on any atom is -0.364 e. The van der Waals surface area contributed by atoms with Gasteiger partial charge in [0.2, 0.25) is 5.72 Å². The number of halogens is 2. The fourth-order valence-corrected chi connectivity index (χ4v) is 1.47. The first kappa shape index (κ1) is 11.6. The van der Waals surface area contributed by atoms with Gasteiger partial charge in [-0.25, -0.2) is 8.78 Å². The topological polar surface area (TPSA) is 65.8 Å². The molecule has 0 aromatic carbocycles. The smallest absolute Gasteiger partial charge is 0.287 e. The molecule has 0 unspecified atom stereocenters. The third kappa shape index (κ3) is 1.89. The molecule has 1 aromatic heterocycles. The van der Waals surface area contributed by atoms with Gasteiger partial charge in [-0.05, 0) is 12.1 Å². The summed E-state index contributed by atoms with van der Waals surface area (Å²) in [5.41, 5.74) is -2.42. The number of hydrazone groups is 1. The number of alkyl halides is 2. The van der Waals surface area contributed by atoms with Crippen LogP contribution in [0.15, 0.2) is 29.6 Å². The van der Waals surface area contributed by atoms with E-state index in [1.54, 1.807) is 0 Å². The number of carbonyl (C=O) groups is 1. The average Bonchev–Trinajstić information content (AvgIpc) is 2.73. The first-order chi connectivity index (χ1) is 8.05. The molecule has 0 bridgehead atoms. The lowest BCUT2D eigenvalue weighted by atomic mass is 10.1. The molecule has 0 fully saturated rings. The number of aliphatic hydroxyl groups is 1. The summed E-state index contributed by atoms with van der Waals surface area (Å²) >= 11 is 0. The fraction of sp³-hybridized carbons (Fsp3) is 0.300. The largest absolute Gasteiger partial charge is 0.364 e. The van der Waals surface area contributed by atoms with E-state index >= 15 is 0 Å². The Kier molecular flexibility index (Phi) is 2.84. The molecule has 0 spiro atoms. The van der Waals surface area contributed by atoms with Crippen molar-refractivity contribution in [1.82, 2.24) is 9.99 Å². The van der Waals surface area contributed by atoms with E-state index in [1.165, 1.54) is 24.5 Å². The molecule has 1 aliphatic rings. The summed E-state index contributed by atoms with van der Waals surface area (Å²) in [6, 6.07) is 2.73. The van der Waals surface area contributed by atoms with Gasteiger partial charge in [-0.3, -0.25) is 9.78 Å².